The summed E-state index contributed by atoms with van der Waals surface area (Å²) in [5.41, 5.74) is -0.966. The summed E-state index contributed by atoms with van der Waals surface area (Å²) in [5.74, 6) is -4.31. The molecule has 0 bridgehead atoms. The minimum Gasteiger partial charge on any atom is -0.207 e. The van der Waals surface area contributed by atoms with Crippen molar-refractivity contribution in [3.05, 3.63) is 29.8 Å². The minimum absolute atomic E-state index is 0.428. The number of rotatable bonds is 3. The van der Waals surface area contributed by atoms with E-state index in [4.69, 9.17) is 10.7 Å². The fourth-order valence-electron chi connectivity index (χ4n) is 0.966. The second-order valence-electron chi connectivity index (χ2n) is 2.89. The molecule has 0 saturated heterocycles. The molecule has 0 fully saturated rings. The van der Waals surface area contributed by atoms with Crippen molar-refractivity contribution >= 4 is 19.7 Å². The molecule has 16 heavy (non-hydrogen) atoms. The van der Waals surface area contributed by atoms with E-state index >= 15 is 0 Å². The quantitative estimate of drug-likeness (QED) is 0.628. The third-order valence-electron chi connectivity index (χ3n) is 1.79. The Bertz CT molecular complexity index is 469. The highest BCUT2D eigenvalue weighted by molar-refractivity contribution is 8.13. The summed E-state index contributed by atoms with van der Waals surface area (Å²) in [6, 6.07) is 2.69. The van der Waals surface area contributed by atoms with Crippen molar-refractivity contribution < 1.29 is 26.0 Å². The van der Waals surface area contributed by atoms with Gasteiger partial charge in [0.2, 0.25) is 0 Å². The second-order valence-corrected chi connectivity index (χ2v) is 5.45. The molecular weight excluding hydrogens is 272 g/mol. The Morgan fingerprint density at radius 2 is 1.56 bits per heavy atom. The van der Waals surface area contributed by atoms with Crippen LogP contribution in [0.2, 0.25) is 0 Å². The van der Waals surface area contributed by atoms with Gasteiger partial charge in [-0.3, -0.25) is 0 Å². The maximum Gasteiger partial charge on any atom is 0.332 e. The molecule has 0 unspecified atom stereocenters. The van der Waals surface area contributed by atoms with Crippen molar-refractivity contribution in [1.82, 2.24) is 0 Å². The predicted octanol–water partition coefficient (Wildman–Crippen LogP) is 2.97. The Balaban J connectivity index is 3.14. The summed E-state index contributed by atoms with van der Waals surface area (Å²) in [7, 11) is 0.879. The van der Waals surface area contributed by atoms with Crippen LogP contribution in [0.15, 0.2) is 29.2 Å². The standard InChI is InChI=1S/C8H5ClF4O2S/c9-16(14,15)6-3-1-5(2-4-6)8(12,13)7(10)11/h1-4,7H. The first-order chi connectivity index (χ1) is 7.15. The van der Waals surface area contributed by atoms with Gasteiger partial charge in [-0.25, -0.2) is 17.2 Å². The van der Waals surface area contributed by atoms with Gasteiger partial charge in [-0.15, -0.1) is 0 Å². The van der Waals surface area contributed by atoms with Crippen LogP contribution in [0.25, 0.3) is 0 Å². The van der Waals surface area contributed by atoms with Crippen LogP contribution in [0.5, 0.6) is 0 Å². The molecule has 0 saturated carbocycles. The Morgan fingerprint density at radius 1 is 1.12 bits per heavy atom. The third-order valence-corrected chi connectivity index (χ3v) is 3.16. The van der Waals surface area contributed by atoms with Crippen molar-refractivity contribution in [2.45, 2.75) is 17.2 Å². The van der Waals surface area contributed by atoms with Crippen molar-refractivity contribution in [3.8, 4) is 0 Å². The molecule has 0 aliphatic heterocycles. The van der Waals surface area contributed by atoms with Gasteiger partial charge in [0, 0.05) is 16.2 Å². The lowest BCUT2D eigenvalue weighted by Gasteiger charge is -2.15. The fourth-order valence-corrected chi connectivity index (χ4v) is 1.74. The molecule has 0 radical (unpaired) electrons. The zero-order valence-corrected chi connectivity index (χ0v) is 9.07. The van der Waals surface area contributed by atoms with E-state index in [0.717, 1.165) is 12.1 Å². The van der Waals surface area contributed by atoms with Crippen LogP contribution in [0.1, 0.15) is 5.56 Å². The Morgan fingerprint density at radius 3 is 1.88 bits per heavy atom. The van der Waals surface area contributed by atoms with Crippen LogP contribution < -0.4 is 0 Å². The molecule has 2 nitrogen and oxygen atoms in total. The molecule has 1 rings (SSSR count). The van der Waals surface area contributed by atoms with Gasteiger partial charge in [0.15, 0.2) is 0 Å². The third kappa shape index (κ3) is 2.65. The van der Waals surface area contributed by atoms with Gasteiger partial charge < -0.3 is 0 Å². The summed E-state index contributed by atoms with van der Waals surface area (Å²) in [5, 5.41) is 0. The molecule has 0 amide bonds. The summed E-state index contributed by atoms with van der Waals surface area (Å²) >= 11 is 0. The van der Waals surface area contributed by atoms with E-state index in [0.29, 0.717) is 12.1 Å². The molecule has 0 aliphatic carbocycles. The monoisotopic (exact) mass is 276 g/mol. The van der Waals surface area contributed by atoms with E-state index in [1.807, 2.05) is 0 Å². The van der Waals surface area contributed by atoms with Crippen molar-refractivity contribution in [2.75, 3.05) is 0 Å². The highest BCUT2D eigenvalue weighted by atomic mass is 35.7. The molecule has 0 heterocycles. The average molecular weight is 277 g/mol. The van der Waals surface area contributed by atoms with Gasteiger partial charge in [0.1, 0.15) is 0 Å². The number of benzene rings is 1. The van der Waals surface area contributed by atoms with Crippen LogP contribution in [-0.2, 0) is 15.0 Å². The lowest BCUT2D eigenvalue weighted by atomic mass is 10.1. The normalized spacial score (nSPS) is 13.1. The molecule has 0 atom stereocenters. The Labute approximate surface area is 93.3 Å². The fraction of sp³-hybridized carbons (Fsp3) is 0.250. The number of hydrogen-bond acceptors (Lipinski definition) is 2. The van der Waals surface area contributed by atoms with Gasteiger partial charge in [-0.05, 0) is 12.1 Å². The maximum atomic E-state index is 12.8. The van der Waals surface area contributed by atoms with Crippen LogP contribution in [-0.4, -0.2) is 14.8 Å². The summed E-state index contributed by atoms with van der Waals surface area (Å²) in [4.78, 5) is -0.428. The second kappa shape index (κ2) is 4.21. The molecule has 1 aromatic carbocycles. The average Bonchev–Trinajstić information content (AvgIpc) is 2.16. The van der Waals surface area contributed by atoms with E-state index in [2.05, 4.69) is 0 Å². The maximum absolute atomic E-state index is 12.8. The van der Waals surface area contributed by atoms with E-state index in [1.54, 1.807) is 0 Å². The van der Waals surface area contributed by atoms with Crippen LogP contribution in [0.4, 0.5) is 17.6 Å². The van der Waals surface area contributed by atoms with Crippen LogP contribution >= 0.6 is 10.7 Å². The number of halogens is 5. The molecular formula is C8H5ClF4O2S. The zero-order valence-electron chi connectivity index (χ0n) is 7.50. The van der Waals surface area contributed by atoms with Crippen molar-refractivity contribution in [3.63, 3.8) is 0 Å². The molecule has 0 aromatic heterocycles. The van der Waals surface area contributed by atoms with Gasteiger partial charge in [0.05, 0.1) is 4.90 Å². The lowest BCUT2D eigenvalue weighted by Crippen LogP contribution is -2.23. The smallest absolute Gasteiger partial charge is 0.207 e. The van der Waals surface area contributed by atoms with Crippen molar-refractivity contribution in [1.29, 1.82) is 0 Å². The first-order valence-electron chi connectivity index (χ1n) is 3.87. The topological polar surface area (TPSA) is 34.1 Å². The highest BCUT2D eigenvalue weighted by Gasteiger charge is 2.42. The molecule has 0 N–H and O–H groups in total. The summed E-state index contributed by atoms with van der Waals surface area (Å²) in [6.07, 6.45) is -3.86. The summed E-state index contributed by atoms with van der Waals surface area (Å²) in [6.45, 7) is 0. The van der Waals surface area contributed by atoms with Gasteiger partial charge in [-0.2, -0.15) is 8.78 Å². The van der Waals surface area contributed by atoms with Crippen LogP contribution in [0.3, 0.4) is 0 Å². The molecule has 90 valence electrons. The molecule has 0 spiro atoms. The summed E-state index contributed by atoms with van der Waals surface area (Å²) < 4.78 is 70.9. The van der Waals surface area contributed by atoms with Gasteiger partial charge in [0.25, 0.3) is 9.05 Å². The first-order valence-corrected chi connectivity index (χ1v) is 6.18. The van der Waals surface area contributed by atoms with E-state index in [-0.39, 0.29) is 0 Å². The van der Waals surface area contributed by atoms with Crippen LogP contribution in [0, 0.1) is 0 Å². The highest BCUT2D eigenvalue weighted by Crippen LogP contribution is 2.34. The molecule has 8 heteroatoms. The van der Waals surface area contributed by atoms with Gasteiger partial charge in [-0.1, -0.05) is 12.1 Å². The van der Waals surface area contributed by atoms with E-state index < -0.39 is 31.9 Å². The lowest BCUT2D eigenvalue weighted by molar-refractivity contribution is -0.135. The largest absolute Gasteiger partial charge is 0.332 e. The Hall–Kier alpha value is -0.820. The Kier molecular flexibility index (Phi) is 3.49. The minimum atomic E-state index is -4.31. The number of alkyl halides is 4. The molecule has 0 aliphatic rings. The zero-order chi connectivity index (χ0) is 12.6. The van der Waals surface area contributed by atoms with E-state index in [1.165, 1.54) is 0 Å². The SMILES string of the molecule is O=S(=O)(Cl)c1ccc(C(F)(F)C(F)F)cc1. The predicted molar refractivity (Wildman–Crippen MR) is 49.4 cm³/mol. The van der Waals surface area contributed by atoms with Crippen molar-refractivity contribution in [2.24, 2.45) is 0 Å². The van der Waals surface area contributed by atoms with Gasteiger partial charge >= 0.3 is 12.3 Å². The number of hydrogen-bond donors (Lipinski definition) is 0. The first kappa shape index (κ1) is 13.2. The molecule has 1 aromatic rings. The van der Waals surface area contributed by atoms with E-state index in [9.17, 15) is 26.0 Å².